The van der Waals surface area contributed by atoms with E-state index in [0.29, 0.717) is 6.04 Å². The summed E-state index contributed by atoms with van der Waals surface area (Å²) in [6.07, 6.45) is 3.82. The second-order valence-corrected chi connectivity index (χ2v) is 6.33. The standard InChI is InChI=1S/C13H21ClN2S.2ClH/c1-2-3-4-11(12-5-6-13(14)17-12)16-9-7-15-8-10-16;;/h5-6,11,15H,2-4,7-10H2,1H3;2*1H/t11-;;/m1../s1. The summed E-state index contributed by atoms with van der Waals surface area (Å²) in [6.45, 7) is 6.80. The Morgan fingerprint density at radius 1 is 1.32 bits per heavy atom. The van der Waals surface area contributed by atoms with Crippen LogP contribution in [0.1, 0.15) is 37.1 Å². The van der Waals surface area contributed by atoms with Crippen molar-refractivity contribution >= 4 is 47.8 Å². The summed E-state index contributed by atoms with van der Waals surface area (Å²) >= 11 is 7.81. The molecule has 1 N–H and O–H groups in total. The molecule has 1 aliphatic heterocycles. The van der Waals surface area contributed by atoms with E-state index >= 15 is 0 Å². The van der Waals surface area contributed by atoms with Crippen molar-refractivity contribution < 1.29 is 0 Å². The second kappa shape index (κ2) is 10.3. The summed E-state index contributed by atoms with van der Waals surface area (Å²) in [4.78, 5) is 4.04. The minimum atomic E-state index is 0. The van der Waals surface area contributed by atoms with Crippen LogP contribution >= 0.6 is 47.8 Å². The number of unbranched alkanes of at least 4 members (excludes halogenated alkanes) is 1. The first-order valence-corrected chi connectivity index (χ1v) is 7.70. The molecule has 1 aromatic heterocycles. The Morgan fingerprint density at radius 2 is 2.00 bits per heavy atom. The molecule has 0 aromatic carbocycles. The molecule has 0 bridgehead atoms. The molecule has 112 valence electrons. The predicted molar refractivity (Wildman–Crippen MR) is 90.5 cm³/mol. The van der Waals surface area contributed by atoms with Gasteiger partial charge in [-0.3, -0.25) is 4.90 Å². The average molecular weight is 346 g/mol. The van der Waals surface area contributed by atoms with Crippen LogP contribution in [-0.2, 0) is 0 Å². The van der Waals surface area contributed by atoms with E-state index in [-0.39, 0.29) is 24.8 Å². The van der Waals surface area contributed by atoms with E-state index in [0.717, 1.165) is 30.5 Å². The first-order chi connectivity index (χ1) is 8.31. The summed E-state index contributed by atoms with van der Waals surface area (Å²) in [5.41, 5.74) is 0. The molecule has 1 aliphatic rings. The summed E-state index contributed by atoms with van der Waals surface area (Å²) < 4.78 is 0.914. The molecule has 1 fully saturated rings. The molecule has 2 nitrogen and oxygen atoms in total. The lowest BCUT2D eigenvalue weighted by Crippen LogP contribution is -2.45. The van der Waals surface area contributed by atoms with Crippen molar-refractivity contribution in [2.24, 2.45) is 0 Å². The zero-order valence-corrected chi connectivity index (χ0v) is 14.4. The first-order valence-electron chi connectivity index (χ1n) is 6.51. The highest BCUT2D eigenvalue weighted by atomic mass is 35.5. The fourth-order valence-electron chi connectivity index (χ4n) is 2.40. The van der Waals surface area contributed by atoms with Crippen LogP contribution < -0.4 is 5.32 Å². The topological polar surface area (TPSA) is 15.3 Å². The molecule has 0 amide bonds. The van der Waals surface area contributed by atoms with Crippen LogP contribution in [0.3, 0.4) is 0 Å². The third-order valence-corrected chi connectivity index (χ3v) is 4.68. The summed E-state index contributed by atoms with van der Waals surface area (Å²) in [7, 11) is 0. The van der Waals surface area contributed by atoms with Crippen molar-refractivity contribution in [3.63, 3.8) is 0 Å². The lowest BCUT2D eigenvalue weighted by molar-refractivity contribution is 0.165. The van der Waals surface area contributed by atoms with Crippen molar-refractivity contribution in [2.45, 2.75) is 32.2 Å². The minimum Gasteiger partial charge on any atom is -0.314 e. The number of nitrogens with one attached hydrogen (secondary N) is 1. The molecule has 0 radical (unpaired) electrons. The Morgan fingerprint density at radius 3 is 2.53 bits per heavy atom. The van der Waals surface area contributed by atoms with Crippen LogP contribution in [0.15, 0.2) is 12.1 Å². The van der Waals surface area contributed by atoms with Gasteiger partial charge in [-0.2, -0.15) is 0 Å². The van der Waals surface area contributed by atoms with Gasteiger partial charge < -0.3 is 5.32 Å². The molecule has 1 saturated heterocycles. The van der Waals surface area contributed by atoms with E-state index in [1.807, 2.05) is 6.07 Å². The summed E-state index contributed by atoms with van der Waals surface area (Å²) in [5.74, 6) is 0. The second-order valence-electron chi connectivity index (χ2n) is 4.59. The maximum Gasteiger partial charge on any atom is 0.0931 e. The quantitative estimate of drug-likeness (QED) is 0.852. The number of hydrogen-bond donors (Lipinski definition) is 1. The van der Waals surface area contributed by atoms with E-state index in [1.165, 1.54) is 24.1 Å². The number of piperazine rings is 1. The Kier molecular flexibility index (Phi) is 10.5. The van der Waals surface area contributed by atoms with Crippen LogP contribution in [-0.4, -0.2) is 31.1 Å². The van der Waals surface area contributed by atoms with Gasteiger partial charge >= 0.3 is 0 Å². The van der Waals surface area contributed by atoms with Gasteiger partial charge in [-0.15, -0.1) is 36.2 Å². The largest absolute Gasteiger partial charge is 0.314 e. The van der Waals surface area contributed by atoms with Gasteiger partial charge in [-0.25, -0.2) is 0 Å². The van der Waals surface area contributed by atoms with Crippen molar-refractivity contribution in [3.05, 3.63) is 21.3 Å². The molecule has 2 heterocycles. The number of halogens is 3. The van der Waals surface area contributed by atoms with Crippen LogP contribution in [0, 0.1) is 0 Å². The average Bonchev–Trinajstić information content (AvgIpc) is 2.78. The Labute approximate surface area is 137 Å². The molecule has 6 heteroatoms. The molecule has 1 aromatic rings. The van der Waals surface area contributed by atoms with Crippen LogP contribution in [0.4, 0.5) is 0 Å². The maximum atomic E-state index is 6.07. The molecule has 0 aliphatic carbocycles. The first kappa shape index (κ1) is 19.5. The highest BCUT2D eigenvalue weighted by Gasteiger charge is 2.22. The van der Waals surface area contributed by atoms with Crippen LogP contribution in [0.5, 0.6) is 0 Å². The third-order valence-electron chi connectivity index (χ3n) is 3.35. The summed E-state index contributed by atoms with van der Waals surface area (Å²) in [6, 6.07) is 4.81. The van der Waals surface area contributed by atoms with Gasteiger partial charge in [0.15, 0.2) is 0 Å². The highest BCUT2D eigenvalue weighted by molar-refractivity contribution is 7.16. The zero-order valence-electron chi connectivity index (χ0n) is 11.2. The van der Waals surface area contributed by atoms with Crippen LogP contribution in [0.25, 0.3) is 0 Å². The number of rotatable bonds is 5. The van der Waals surface area contributed by atoms with Gasteiger partial charge in [-0.1, -0.05) is 31.4 Å². The Balaban J connectivity index is 0.00000162. The van der Waals surface area contributed by atoms with Crippen molar-refractivity contribution in [1.29, 1.82) is 0 Å². The number of thiophene rings is 1. The number of hydrogen-bond acceptors (Lipinski definition) is 3. The molecule has 2 rings (SSSR count). The molecule has 1 atom stereocenters. The zero-order chi connectivity index (χ0) is 12.1. The van der Waals surface area contributed by atoms with Gasteiger partial charge in [0.1, 0.15) is 0 Å². The Bertz CT molecular complexity index is 340. The predicted octanol–water partition coefficient (Wildman–Crippen LogP) is 4.38. The van der Waals surface area contributed by atoms with Gasteiger partial charge in [-0.05, 0) is 18.6 Å². The van der Waals surface area contributed by atoms with Gasteiger partial charge in [0, 0.05) is 37.1 Å². The minimum absolute atomic E-state index is 0. The molecule has 0 spiro atoms. The number of nitrogens with zero attached hydrogens (tertiary/aromatic N) is 1. The maximum absolute atomic E-state index is 6.07. The monoisotopic (exact) mass is 344 g/mol. The lowest BCUT2D eigenvalue weighted by Gasteiger charge is -2.34. The molecule has 19 heavy (non-hydrogen) atoms. The van der Waals surface area contributed by atoms with E-state index in [4.69, 9.17) is 11.6 Å². The smallest absolute Gasteiger partial charge is 0.0931 e. The fraction of sp³-hybridized carbons (Fsp3) is 0.692. The summed E-state index contributed by atoms with van der Waals surface area (Å²) in [5, 5.41) is 3.42. The Hall–Kier alpha value is 0.490. The van der Waals surface area contributed by atoms with E-state index in [2.05, 4.69) is 23.2 Å². The van der Waals surface area contributed by atoms with E-state index in [9.17, 15) is 0 Å². The van der Waals surface area contributed by atoms with Crippen LogP contribution in [0.2, 0.25) is 4.34 Å². The highest BCUT2D eigenvalue weighted by Crippen LogP contribution is 2.33. The van der Waals surface area contributed by atoms with Gasteiger partial charge in [0.25, 0.3) is 0 Å². The lowest BCUT2D eigenvalue weighted by atomic mass is 10.1. The molecular weight excluding hydrogens is 323 g/mol. The van der Waals surface area contributed by atoms with Crippen molar-refractivity contribution in [3.8, 4) is 0 Å². The van der Waals surface area contributed by atoms with Crippen molar-refractivity contribution in [1.82, 2.24) is 10.2 Å². The fourth-order valence-corrected chi connectivity index (χ4v) is 3.63. The van der Waals surface area contributed by atoms with Crippen molar-refractivity contribution in [2.75, 3.05) is 26.2 Å². The van der Waals surface area contributed by atoms with Gasteiger partial charge in [0.05, 0.1) is 4.34 Å². The molecule has 0 unspecified atom stereocenters. The van der Waals surface area contributed by atoms with E-state index in [1.54, 1.807) is 11.3 Å². The normalized spacial score (nSPS) is 17.4. The molecular formula is C13H23Cl3N2S. The van der Waals surface area contributed by atoms with E-state index < -0.39 is 0 Å². The molecule has 0 saturated carbocycles. The van der Waals surface area contributed by atoms with Gasteiger partial charge in [0.2, 0.25) is 0 Å². The third kappa shape index (κ3) is 5.78. The SMILES string of the molecule is CCCC[C@H](c1ccc(Cl)s1)N1CCNCC1.Cl.Cl.